The van der Waals surface area contributed by atoms with E-state index in [2.05, 4.69) is 11.9 Å². The largest absolute Gasteiger partial charge is 0.381 e. The van der Waals surface area contributed by atoms with E-state index >= 15 is 0 Å². The van der Waals surface area contributed by atoms with E-state index in [0.29, 0.717) is 24.7 Å². The molecule has 0 radical (unpaired) electrons. The number of nitrogens with two attached hydrogens (primary N) is 1. The van der Waals surface area contributed by atoms with Crippen molar-refractivity contribution in [2.75, 3.05) is 18.8 Å². The summed E-state index contributed by atoms with van der Waals surface area (Å²) in [7, 11) is -3.60. The van der Waals surface area contributed by atoms with Crippen LogP contribution in [0.25, 0.3) is 5.65 Å². The van der Waals surface area contributed by atoms with Gasteiger partial charge in [0.15, 0.2) is 10.8 Å². The van der Waals surface area contributed by atoms with Gasteiger partial charge in [-0.2, -0.15) is 4.31 Å². The van der Waals surface area contributed by atoms with E-state index < -0.39 is 10.0 Å². The maximum absolute atomic E-state index is 12.9. The van der Waals surface area contributed by atoms with Gasteiger partial charge in [0.2, 0.25) is 0 Å². The molecule has 0 aliphatic carbocycles. The van der Waals surface area contributed by atoms with Crippen LogP contribution in [0.5, 0.6) is 0 Å². The fraction of sp³-hybridized carbons (Fsp3) is 0.500. The van der Waals surface area contributed by atoms with Gasteiger partial charge in [-0.3, -0.25) is 4.40 Å². The van der Waals surface area contributed by atoms with Gasteiger partial charge in [-0.15, -0.1) is 0 Å². The van der Waals surface area contributed by atoms with E-state index in [1.165, 1.54) is 0 Å². The van der Waals surface area contributed by atoms with Crippen LogP contribution in [-0.4, -0.2) is 35.2 Å². The van der Waals surface area contributed by atoms with Crippen LogP contribution in [0.15, 0.2) is 29.4 Å². The fourth-order valence-electron chi connectivity index (χ4n) is 3.03. The number of anilines is 1. The molecule has 2 aromatic heterocycles. The molecule has 2 N–H and O–H groups in total. The van der Waals surface area contributed by atoms with Gasteiger partial charge in [-0.05, 0) is 30.9 Å². The first-order valence-corrected chi connectivity index (χ1v) is 8.70. The zero-order valence-electron chi connectivity index (χ0n) is 12.1. The molecule has 1 unspecified atom stereocenters. The normalized spacial score (nSPS) is 20.3. The number of fused-ring (bicyclic) bond motifs is 1. The summed E-state index contributed by atoms with van der Waals surface area (Å²) in [5.74, 6) is 0.519. The van der Waals surface area contributed by atoms with Crippen molar-refractivity contribution < 1.29 is 8.42 Å². The topological polar surface area (TPSA) is 80.7 Å². The van der Waals surface area contributed by atoms with Gasteiger partial charge in [0.25, 0.3) is 10.0 Å². The van der Waals surface area contributed by atoms with Crippen LogP contribution in [0.2, 0.25) is 0 Å². The summed E-state index contributed by atoms with van der Waals surface area (Å²) < 4.78 is 28.8. The summed E-state index contributed by atoms with van der Waals surface area (Å²) in [4.78, 5) is 4.14. The smallest absolute Gasteiger partial charge is 0.262 e. The zero-order chi connectivity index (χ0) is 15.0. The predicted molar refractivity (Wildman–Crippen MR) is 81.4 cm³/mol. The first-order chi connectivity index (χ1) is 10.0. The molecule has 2 aromatic rings. The Balaban J connectivity index is 2.00. The molecule has 114 valence electrons. The standard InChI is InChI=1S/C14H20N4O2S/c1-2-5-11-7-9-17(10-11)21(19,20)14-13(15)16-12-6-3-4-8-18(12)14/h3-4,6,8,11H,2,5,7,9-10,15H2,1H3. The first-order valence-electron chi connectivity index (χ1n) is 7.26. The van der Waals surface area contributed by atoms with Crippen molar-refractivity contribution in [2.45, 2.75) is 31.2 Å². The van der Waals surface area contributed by atoms with Crippen molar-refractivity contribution >= 4 is 21.5 Å². The Labute approximate surface area is 124 Å². The molecule has 0 aromatic carbocycles. The number of sulfonamides is 1. The van der Waals surface area contributed by atoms with Crippen molar-refractivity contribution in [1.29, 1.82) is 0 Å². The Kier molecular flexibility index (Phi) is 3.62. The van der Waals surface area contributed by atoms with Crippen LogP contribution in [0, 0.1) is 5.92 Å². The lowest BCUT2D eigenvalue weighted by Crippen LogP contribution is -2.30. The number of hydrogen-bond acceptors (Lipinski definition) is 4. The van der Waals surface area contributed by atoms with E-state index in [1.807, 2.05) is 6.07 Å². The zero-order valence-corrected chi connectivity index (χ0v) is 12.9. The summed E-state index contributed by atoms with van der Waals surface area (Å²) in [6.45, 7) is 3.27. The quantitative estimate of drug-likeness (QED) is 0.932. The Morgan fingerprint density at radius 2 is 2.24 bits per heavy atom. The molecule has 1 aliphatic rings. The second kappa shape index (κ2) is 5.31. The molecule has 0 bridgehead atoms. The van der Waals surface area contributed by atoms with Crippen LogP contribution in [0.1, 0.15) is 26.2 Å². The molecule has 0 amide bonds. The summed E-state index contributed by atoms with van der Waals surface area (Å²) in [5, 5.41) is 0.0928. The summed E-state index contributed by atoms with van der Waals surface area (Å²) >= 11 is 0. The molecule has 3 rings (SSSR count). The van der Waals surface area contributed by atoms with E-state index in [-0.39, 0.29) is 10.8 Å². The van der Waals surface area contributed by atoms with Gasteiger partial charge in [0, 0.05) is 19.3 Å². The van der Waals surface area contributed by atoms with Crippen LogP contribution >= 0.6 is 0 Å². The SMILES string of the molecule is CCCC1CCN(S(=O)(=O)c2c(N)nc3ccccn23)C1. The van der Waals surface area contributed by atoms with Crippen molar-refractivity contribution in [3.8, 4) is 0 Å². The lowest BCUT2D eigenvalue weighted by atomic mass is 10.0. The fourth-order valence-corrected chi connectivity index (χ4v) is 4.74. The van der Waals surface area contributed by atoms with E-state index in [1.54, 1.807) is 27.0 Å². The monoisotopic (exact) mass is 308 g/mol. The maximum Gasteiger partial charge on any atom is 0.262 e. The molecule has 1 saturated heterocycles. The second-order valence-corrected chi connectivity index (χ2v) is 7.39. The van der Waals surface area contributed by atoms with Crippen LogP contribution in [0.4, 0.5) is 5.82 Å². The molecule has 6 nitrogen and oxygen atoms in total. The number of aromatic nitrogens is 2. The number of hydrogen-bond donors (Lipinski definition) is 1. The Bertz CT molecular complexity index is 753. The van der Waals surface area contributed by atoms with Crippen molar-refractivity contribution in [3.05, 3.63) is 24.4 Å². The molecular formula is C14H20N4O2S. The average molecular weight is 308 g/mol. The highest BCUT2D eigenvalue weighted by Crippen LogP contribution is 2.29. The first kappa shape index (κ1) is 14.3. The van der Waals surface area contributed by atoms with E-state index in [0.717, 1.165) is 19.3 Å². The molecule has 3 heterocycles. The molecular weight excluding hydrogens is 288 g/mol. The van der Waals surface area contributed by atoms with Crippen LogP contribution in [-0.2, 0) is 10.0 Å². The molecule has 1 fully saturated rings. The van der Waals surface area contributed by atoms with Crippen molar-refractivity contribution in [2.24, 2.45) is 5.92 Å². The maximum atomic E-state index is 12.9. The van der Waals surface area contributed by atoms with Gasteiger partial charge >= 0.3 is 0 Å². The van der Waals surface area contributed by atoms with E-state index in [4.69, 9.17) is 5.73 Å². The highest BCUT2D eigenvalue weighted by atomic mass is 32.2. The minimum Gasteiger partial charge on any atom is -0.381 e. The number of imidazole rings is 1. The number of pyridine rings is 1. The molecule has 0 spiro atoms. The van der Waals surface area contributed by atoms with Gasteiger partial charge < -0.3 is 5.73 Å². The van der Waals surface area contributed by atoms with Crippen LogP contribution < -0.4 is 5.73 Å². The lowest BCUT2D eigenvalue weighted by Gasteiger charge is -2.16. The molecule has 1 atom stereocenters. The van der Waals surface area contributed by atoms with Gasteiger partial charge in [0.05, 0.1) is 0 Å². The van der Waals surface area contributed by atoms with Crippen molar-refractivity contribution in [1.82, 2.24) is 13.7 Å². The average Bonchev–Trinajstić information content (AvgIpc) is 3.02. The minimum absolute atomic E-state index is 0.0696. The number of nitrogens with zero attached hydrogens (tertiary/aromatic N) is 3. The van der Waals surface area contributed by atoms with Gasteiger partial charge in [-0.25, -0.2) is 13.4 Å². The molecule has 7 heteroatoms. The third-order valence-electron chi connectivity index (χ3n) is 4.04. The third-order valence-corrected chi connectivity index (χ3v) is 5.95. The molecule has 0 saturated carbocycles. The summed E-state index contributed by atoms with van der Waals surface area (Å²) in [6.07, 6.45) is 4.75. The molecule has 1 aliphatic heterocycles. The lowest BCUT2D eigenvalue weighted by molar-refractivity contribution is 0.442. The Morgan fingerprint density at radius 1 is 1.43 bits per heavy atom. The summed E-state index contributed by atoms with van der Waals surface area (Å²) in [5.41, 5.74) is 6.42. The highest BCUT2D eigenvalue weighted by Gasteiger charge is 2.35. The Morgan fingerprint density at radius 3 is 3.00 bits per heavy atom. The minimum atomic E-state index is -3.60. The number of nitrogen functional groups attached to an aromatic ring is 1. The third kappa shape index (κ3) is 2.40. The van der Waals surface area contributed by atoms with Crippen LogP contribution in [0.3, 0.4) is 0 Å². The number of rotatable bonds is 4. The van der Waals surface area contributed by atoms with Gasteiger partial charge in [-0.1, -0.05) is 19.4 Å². The van der Waals surface area contributed by atoms with Gasteiger partial charge in [0.1, 0.15) is 5.65 Å². The van der Waals surface area contributed by atoms with E-state index in [9.17, 15) is 8.42 Å². The summed E-state index contributed by atoms with van der Waals surface area (Å²) in [6, 6.07) is 5.33. The molecule has 21 heavy (non-hydrogen) atoms. The second-order valence-electron chi connectivity index (χ2n) is 5.54. The Hall–Kier alpha value is -1.60. The predicted octanol–water partition coefficient (Wildman–Crippen LogP) is 1.73. The van der Waals surface area contributed by atoms with Crippen molar-refractivity contribution in [3.63, 3.8) is 0 Å². The highest BCUT2D eigenvalue weighted by molar-refractivity contribution is 7.89.